The second-order valence-electron chi connectivity index (χ2n) is 4.17. The van der Waals surface area contributed by atoms with Gasteiger partial charge in [-0.2, -0.15) is 0 Å². The van der Waals surface area contributed by atoms with Crippen LogP contribution in [0, 0.1) is 6.92 Å². The van der Waals surface area contributed by atoms with E-state index in [1.165, 1.54) is 0 Å². The van der Waals surface area contributed by atoms with Gasteiger partial charge in [-0.15, -0.1) is 0 Å². The molecule has 2 N–H and O–H groups in total. The lowest BCUT2D eigenvalue weighted by Gasteiger charge is -2.07. The Morgan fingerprint density at radius 3 is 2.80 bits per heavy atom. The van der Waals surface area contributed by atoms with E-state index in [1.54, 1.807) is 36.5 Å². The number of carbonyl (C=O) groups excluding carboxylic acids is 2. The van der Waals surface area contributed by atoms with Gasteiger partial charge in [0.05, 0.1) is 0 Å². The first-order valence-corrected chi connectivity index (χ1v) is 6.30. The van der Waals surface area contributed by atoms with E-state index in [1.807, 2.05) is 6.92 Å². The fourth-order valence-corrected chi connectivity index (χ4v) is 1.71. The minimum absolute atomic E-state index is 0.302. The zero-order valence-electron chi connectivity index (χ0n) is 10.8. The highest BCUT2D eigenvalue weighted by Crippen LogP contribution is 2.19. The number of ether oxygens (including phenoxy) is 1. The molecule has 6 heteroatoms. The highest BCUT2D eigenvalue weighted by Gasteiger charge is 2.11. The third-order valence-electron chi connectivity index (χ3n) is 2.61. The molecule has 0 aliphatic carbocycles. The SMILES string of the molecule is Cc1ccc(NC(=O)COC(=O)c2ccc[nH]2)cc1Cl. The third kappa shape index (κ3) is 3.61. The van der Waals surface area contributed by atoms with E-state index in [9.17, 15) is 9.59 Å². The van der Waals surface area contributed by atoms with E-state index >= 15 is 0 Å². The number of anilines is 1. The van der Waals surface area contributed by atoms with Crippen LogP contribution in [0.1, 0.15) is 16.1 Å². The number of rotatable bonds is 4. The van der Waals surface area contributed by atoms with Gasteiger partial charge in [-0.1, -0.05) is 17.7 Å². The number of amides is 1. The van der Waals surface area contributed by atoms with E-state index in [4.69, 9.17) is 16.3 Å². The summed E-state index contributed by atoms with van der Waals surface area (Å²) in [5.74, 6) is -1.00. The molecule has 0 radical (unpaired) electrons. The molecule has 1 aromatic heterocycles. The quantitative estimate of drug-likeness (QED) is 0.851. The smallest absolute Gasteiger partial charge is 0.355 e. The van der Waals surface area contributed by atoms with Crippen LogP contribution in [0.15, 0.2) is 36.5 Å². The molecular formula is C14H13ClN2O3. The van der Waals surface area contributed by atoms with Gasteiger partial charge in [0.1, 0.15) is 5.69 Å². The van der Waals surface area contributed by atoms with Crippen LogP contribution in [0.5, 0.6) is 0 Å². The van der Waals surface area contributed by atoms with Gasteiger partial charge in [0, 0.05) is 16.9 Å². The fourth-order valence-electron chi connectivity index (χ4n) is 1.53. The molecule has 104 valence electrons. The maximum absolute atomic E-state index is 11.6. The summed E-state index contributed by atoms with van der Waals surface area (Å²) in [7, 11) is 0. The molecule has 0 saturated carbocycles. The summed E-state index contributed by atoms with van der Waals surface area (Å²) in [6.07, 6.45) is 1.60. The molecule has 0 aliphatic rings. The summed E-state index contributed by atoms with van der Waals surface area (Å²) in [6, 6.07) is 8.40. The van der Waals surface area contributed by atoms with Crippen molar-refractivity contribution in [2.45, 2.75) is 6.92 Å². The van der Waals surface area contributed by atoms with Crippen LogP contribution in [0.25, 0.3) is 0 Å². The zero-order chi connectivity index (χ0) is 14.5. The van der Waals surface area contributed by atoms with E-state index in [2.05, 4.69) is 10.3 Å². The van der Waals surface area contributed by atoms with Gasteiger partial charge in [-0.3, -0.25) is 4.79 Å². The Morgan fingerprint density at radius 2 is 2.15 bits per heavy atom. The molecule has 2 rings (SSSR count). The van der Waals surface area contributed by atoms with Crippen molar-refractivity contribution in [2.24, 2.45) is 0 Å². The van der Waals surface area contributed by atoms with Crippen LogP contribution in [0.4, 0.5) is 5.69 Å². The molecule has 1 aromatic carbocycles. The predicted molar refractivity (Wildman–Crippen MR) is 75.9 cm³/mol. The molecule has 0 aliphatic heterocycles. The molecule has 20 heavy (non-hydrogen) atoms. The fraction of sp³-hybridized carbons (Fsp3) is 0.143. The Labute approximate surface area is 120 Å². The van der Waals surface area contributed by atoms with Crippen molar-refractivity contribution in [1.82, 2.24) is 4.98 Å². The van der Waals surface area contributed by atoms with Gasteiger partial charge in [-0.05, 0) is 36.8 Å². The van der Waals surface area contributed by atoms with Gasteiger partial charge in [0.25, 0.3) is 5.91 Å². The van der Waals surface area contributed by atoms with E-state index in [0.717, 1.165) is 5.56 Å². The Morgan fingerprint density at radius 1 is 1.35 bits per heavy atom. The largest absolute Gasteiger partial charge is 0.451 e. The number of hydrogen-bond acceptors (Lipinski definition) is 3. The lowest BCUT2D eigenvalue weighted by molar-refractivity contribution is -0.119. The van der Waals surface area contributed by atoms with Gasteiger partial charge in [-0.25, -0.2) is 4.79 Å². The molecule has 0 spiro atoms. The molecule has 0 fully saturated rings. The topological polar surface area (TPSA) is 71.2 Å². The number of esters is 1. The molecule has 0 atom stereocenters. The maximum Gasteiger partial charge on any atom is 0.355 e. The Bertz CT molecular complexity index is 623. The van der Waals surface area contributed by atoms with Crippen LogP contribution < -0.4 is 5.32 Å². The van der Waals surface area contributed by atoms with Crippen molar-refractivity contribution in [3.05, 3.63) is 52.8 Å². The molecule has 0 bridgehead atoms. The monoisotopic (exact) mass is 292 g/mol. The third-order valence-corrected chi connectivity index (χ3v) is 3.02. The van der Waals surface area contributed by atoms with Crippen molar-refractivity contribution in [1.29, 1.82) is 0 Å². The van der Waals surface area contributed by atoms with Gasteiger partial charge in [0.15, 0.2) is 6.61 Å². The highest BCUT2D eigenvalue weighted by atomic mass is 35.5. The maximum atomic E-state index is 11.6. The van der Waals surface area contributed by atoms with Gasteiger partial charge < -0.3 is 15.0 Å². The number of H-pyrrole nitrogens is 1. The van der Waals surface area contributed by atoms with Gasteiger partial charge >= 0.3 is 5.97 Å². The second kappa shape index (κ2) is 6.25. The second-order valence-corrected chi connectivity index (χ2v) is 4.58. The first-order chi connectivity index (χ1) is 9.56. The summed E-state index contributed by atoms with van der Waals surface area (Å²) in [5, 5.41) is 3.16. The van der Waals surface area contributed by atoms with Crippen molar-refractivity contribution < 1.29 is 14.3 Å². The minimum atomic E-state index is -0.577. The number of benzene rings is 1. The summed E-state index contributed by atoms with van der Waals surface area (Å²) < 4.78 is 4.86. The first-order valence-electron chi connectivity index (χ1n) is 5.93. The summed E-state index contributed by atoms with van der Waals surface area (Å²) >= 11 is 5.95. The molecular weight excluding hydrogens is 280 g/mol. The Balaban J connectivity index is 1.86. The number of aromatic nitrogens is 1. The van der Waals surface area contributed by atoms with E-state index in [-0.39, 0.29) is 6.61 Å². The normalized spacial score (nSPS) is 10.1. The molecule has 0 saturated heterocycles. The zero-order valence-corrected chi connectivity index (χ0v) is 11.5. The lowest BCUT2D eigenvalue weighted by Crippen LogP contribution is -2.21. The number of carbonyl (C=O) groups is 2. The molecule has 1 heterocycles. The number of aryl methyl sites for hydroxylation is 1. The number of nitrogens with one attached hydrogen (secondary N) is 2. The summed E-state index contributed by atoms with van der Waals surface area (Å²) in [6.45, 7) is 1.51. The van der Waals surface area contributed by atoms with Crippen LogP contribution in [0.2, 0.25) is 5.02 Å². The first kappa shape index (κ1) is 14.1. The van der Waals surface area contributed by atoms with E-state index in [0.29, 0.717) is 16.4 Å². The summed E-state index contributed by atoms with van der Waals surface area (Å²) in [4.78, 5) is 25.8. The summed E-state index contributed by atoms with van der Waals surface area (Å²) in [5.41, 5.74) is 1.78. The minimum Gasteiger partial charge on any atom is -0.451 e. The van der Waals surface area contributed by atoms with Crippen molar-refractivity contribution >= 4 is 29.2 Å². The highest BCUT2D eigenvalue weighted by molar-refractivity contribution is 6.31. The van der Waals surface area contributed by atoms with Crippen molar-refractivity contribution in [3.8, 4) is 0 Å². The Kier molecular flexibility index (Phi) is 4.42. The lowest BCUT2D eigenvalue weighted by atomic mass is 10.2. The number of aromatic amines is 1. The predicted octanol–water partition coefficient (Wildman–Crippen LogP) is 2.77. The molecule has 5 nitrogen and oxygen atoms in total. The molecule has 1 amide bonds. The Hall–Kier alpha value is -2.27. The molecule has 0 unspecified atom stereocenters. The van der Waals surface area contributed by atoms with Crippen molar-refractivity contribution in [2.75, 3.05) is 11.9 Å². The molecule has 2 aromatic rings. The number of hydrogen-bond donors (Lipinski definition) is 2. The van der Waals surface area contributed by atoms with Crippen LogP contribution in [-0.2, 0) is 9.53 Å². The van der Waals surface area contributed by atoms with Crippen LogP contribution in [-0.4, -0.2) is 23.5 Å². The van der Waals surface area contributed by atoms with E-state index < -0.39 is 11.9 Å². The average Bonchev–Trinajstić information content (AvgIpc) is 2.94. The standard InChI is InChI=1S/C14H13ClN2O3/c1-9-4-5-10(7-11(9)15)17-13(18)8-20-14(19)12-3-2-6-16-12/h2-7,16H,8H2,1H3,(H,17,18). The van der Waals surface area contributed by atoms with Gasteiger partial charge in [0.2, 0.25) is 0 Å². The van der Waals surface area contributed by atoms with Crippen LogP contribution >= 0.6 is 11.6 Å². The number of halogens is 1. The average molecular weight is 293 g/mol. The van der Waals surface area contributed by atoms with Crippen molar-refractivity contribution in [3.63, 3.8) is 0 Å². The van der Waals surface area contributed by atoms with Crippen LogP contribution in [0.3, 0.4) is 0 Å².